The number of carbonyl (C=O) groups excluding carboxylic acids is 1. The molecule has 0 spiro atoms. The van der Waals surface area contributed by atoms with Crippen molar-refractivity contribution < 1.29 is 13.9 Å². The molecule has 0 radical (unpaired) electrons. The Bertz CT molecular complexity index is 417. The Morgan fingerprint density at radius 2 is 2.18 bits per heavy atom. The molecular weight excluding hydrogens is 223 g/mol. The SMILES string of the molecule is COC(=O)c1ccc(C2CCNCC2)c(F)n1. The molecule has 1 fully saturated rings. The number of rotatable bonds is 2. The van der Waals surface area contributed by atoms with Crippen LogP contribution in [-0.4, -0.2) is 31.2 Å². The molecule has 0 aliphatic carbocycles. The molecule has 1 aromatic rings. The van der Waals surface area contributed by atoms with Crippen LogP contribution < -0.4 is 5.32 Å². The molecule has 1 saturated heterocycles. The fourth-order valence-corrected chi connectivity index (χ4v) is 2.10. The number of aromatic nitrogens is 1. The molecule has 0 saturated carbocycles. The molecule has 0 aromatic carbocycles. The van der Waals surface area contributed by atoms with E-state index >= 15 is 0 Å². The van der Waals surface area contributed by atoms with E-state index in [2.05, 4.69) is 15.0 Å². The Balaban J connectivity index is 2.21. The minimum Gasteiger partial charge on any atom is -0.464 e. The first-order chi connectivity index (χ1) is 8.22. The number of hydrogen-bond acceptors (Lipinski definition) is 4. The van der Waals surface area contributed by atoms with Gasteiger partial charge in [0.1, 0.15) is 0 Å². The number of carbonyl (C=O) groups is 1. The standard InChI is InChI=1S/C12H15FN2O2/c1-17-12(16)10-3-2-9(11(13)15-10)8-4-6-14-7-5-8/h2-3,8,14H,4-7H2,1H3. The van der Waals surface area contributed by atoms with E-state index in [1.165, 1.54) is 13.2 Å². The quantitative estimate of drug-likeness (QED) is 0.626. The molecule has 0 unspecified atom stereocenters. The fraction of sp³-hybridized carbons (Fsp3) is 0.500. The number of hydrogen-bond donors (Lipinski definition) is 1. The number of esters is 1. The summed E-state index contributed by atoms with van der Waals surface area (Å²) < 4.78 is 18.3. The molecule has 17 heavy (non-hydrogen) atoms. The second-order valence-corrected chi connectivity index (χ2v) is 4.09. The maximum absolute atomic E-state index is 13.8. The van der Waals surface area contributed by atoms with Crippen molar-refractivity contribution in [3.8, 4) is 0 Å². The van der Waals surface area contributed by atoms with Crippen molar-refractivity contribution in [2.45, 2.75) is 18.8 Å². The van der Waals surface area contributed by atoms with Crippen molar-refractivity contribution in [2.24, 2.45) is 0 Å². The van der Waals surface area contributed by atoms with Gasteiger partial charge in [-0.05, 0) is 37.9 Å². The third-order valence-corrected chi connectivity index (χ3v) is 3.05. The third-order valence-electron chi connectivity index (χ3n) is 3.05. The van der Waals surface area contributed by atoms with Crippen molar-refractivity contribution in [1.82, 2.24) is 10.3 Å². The van der Waals surface area contributed by atoms with Gasteiger partial charge in [-0.25, -0.2) is 9.78 Å². The van der Waals surface area contributed by atoms with E-state index in [0.717, 1.165) is 25.9 Å². The zero-order valence-corrected chi connectivity index (χ0v) is 9.70. The second kappa shape index (κ2) is 5.23. The van der Waals surface area contributed by atoms with Gasteiger partial charge in [0, 0.05) is 5.56 Å². The Morgan fingerprint density at radius 3 is 2.76 bits per heavy atom. The van der Waals surface area contributed by atoms with Crippen LogP contribution in [0.15, 0.2) is 12.1 Å². The predicted molar refractivity (Wildman–Crippen MR) is 60.4 cm³/mol. The highest BCUT2D eigenvalue weighted by molar-refractivity contribution is 5.87. The Morgan fingerprint density at radius 1 is 1.47 bits per heavy atom. The largest absolute Gasteiger partial charge is 0.464 e. The van der Waals surface area contributed by atoms with Gasteiger partial charge in [-0.3, -0.25) is 0 Å². The average molecular weight is 238 g/mol. The molecule has 1 aliphatic heterocycles. The molecule has 2 heterocycles. The first kappa shape index (κ1) is 12.0. The van der Waals surface area contributed by atoms with Gasteiger partial charge >= 0.3 is 5.97 Å². The van der Waals surface area contributed by atoms with E-state index < -0.39 is 11.9 Å². The summed E-state index contributed by atoms with van der Waals surface area (Å²) in [5.74, 6) is -0.976. The molecular formula is C12H15FN2O2. The minimum atomic E-state index is -0.610. The van der Waals surface area contributed by atoms with Crippen LogP contribution in [-0.2, 0) is 4.74 Å². The first-order valence-corrected chi connectivity index (χ1v) is 5.68. The van der Waals surface area contributed by atoms with Crippen molar-refractivity contribution >= 4 is 5.97 Å². The van der Waals surface area contributed by atoms with Crippen LogP contribution in [0.5, 0.6) is 0 Å². The number of nitrogens with zero attached hydrogens (tertiary/aromatic N) is 1. The van der Waals surface area contributed by atoms with Crippen LogP contribution in [0.4, 0.5) is 4.39 Å². The van der Waals surface area contributed by atoms with Gasteiger partial charge in [-0.1, -0.05) is 6.07 Å². The lowest BCUT2D eigenvalue weighted by molar-refractivity contribution is 0.0592. The zero-order valence-electron chi connectivity index (χ0n) is 9.70. The number of ether oxygens (including phenoxy) is 1. The Kier molecular flexibility index (Phi) is 3.68. The van der Waals surface area contributed by atoms with Crippen molar-refractivity contribution in [1.29, 1.82) is 0 Å². The van der Waals surface area contributed by atoms with E-state index in [-0.39, 0.29) is 11.6 Å². The lowest BCUT2D eigenvalue weighted by atomic mass is 9.91. The summed E-state index contributed by atoms with van der Waals surface area (Å²) >= 11 is 0. The lowest BCUT2D eigenvalue weighted by Crippen LogP contribution is -2.27. The molecule has 0 atom stereocenters. The van der Waals surface area contributed by atoms with E-state index in [0.29, 0.717) is 5.56 Å². The van der Waals surface area contributed by atoms with E-state index in [9.17, 15) is 9.18 Å². The van der Waals surface area contributed by atoms with Crippen molar-refractivity contribution in [3.05, 3.63) is 29.3 Å². The van der Waals surface area contributed by atoms with Crippen molar-refractivity contribution in [2.75, 3.05) is 20.2 Å². The molecule has 1 N–H and O–H groups in total. The second-order valence-electron chi connectivity index (χ2n) is 4.09. The number of pyridine rings is 1. The molecule has 1 aliphatic rings. The van der Waals surface area contributed by atoms with Crippen LogP contribution in [0.2, 0.25) is 0 Å². The van der Waals surface area contributed by atoms with Crippen LogP contribution in [0.1, 0.15) is 34.8 Å². The molecule has 4 nitrogen and oxygen atoms in total. The molecule has 2 rings (SSSR count). The highest BCUT2D eigenvalue weighted by atomic mass is 19.1. The summed E-state index contributed by atoms with van der Waals surface area (Å²) in [5.41, 5.74) is 0.613. The predicted octanol–water partition coefficient (Wildman–Crippen LogP) is 1.47. The van der Waals surface area contributed by atoms with Gasteiger partial charge in [0.25, 0.3) is 0 Å². The molecule has 5 heteroatoms. The number of halogens is 1. The van der Waals surface area contributed by atoms with Crippen LogP contribution >= 0.6 is 0 Å². The maximum Gasteiger partial charge on any atom is 0.356 e. The topological polar surface area (TPSA) is 51.2 Å². The highest BCUT2D eigenvalue weighted by Gasteiger charge is 2.20. The summed E-state index contributed by atoms with van der Waals surface area (Å²) in [5, 5.41) is 3.23. The van der Waals surface area contributed by atoms with E-state index in [1.807, 2.05) is 0 Å². The smallest absolute Gasteiger partial charge is 0.356 e. The maximum atomic E-state index is 13.8. The monoisotopic (exact) mass is 238 g/mol. The van der Waals surface area contributed by atoms with Crippen LogP contribution in [0.25, 0.3) is 0 Å². The van der Waals surface area contributed by atoms with Gasteiger partial charge in [-0.2, -0.15) is 4.39 Å². The molecule has 1 aromatic heterocycles. The first-order valence-electron chi connectivity index (χ1n) is 5.68. The van der Waals surface area contributed by atoms with Crippen LogP contribution in [0, 0.1) is 5.95 Å². The van der Waals surface area contributed by atoms with Gasteiger partial charge in [0.05, 0.1) is 7.11 Å². The van der Waals surface area contributed by atoms with Gasteiger partial charge in [0.15, 0.2) is 5.69 Å². The Hall–Kier alpha value is -1.49. The van der Waals surface area contributed by atoms with E-state index in [1.54, 1.807) is 6.07 Å². The summed E-state index contributed by atoms with van der Waals surface area (Å²) in [6.45, 7) is 1.78. The summed E-state index contributed by atoms with van der Waals surface area (Å²) in [6.07, 6.45) is 1.80. The number of nitrogens with one attached hydrogen (secondary N) is 1. The fourth-order valence-electron chi connectivity index (χ4n) is 2.10. The minimum absolute atomic E-state index is 0.0164. The zero-order chi connectivity index (χ0) is 12.3. The summed E-state index contributed by atoms with van der Waals surface area (Å²) in [7, 11) is 1.25. The normalized spacial score (nSPS) is 16.8. The molecule has 0 amide bonds. The summed E-state index contributed by atoms with van der Waals surface area (Å²) in [4.78, 5) is 14.8. The molecule has 92 valence electrons. The van der Waals surface area contributed by atoms with Gasteiger partial charge in [-0.15, -0.1) is 0 Å². The number of piperidine rings is 1. The van der Waals surface area contributed by atoms with Gasteiger partial charge < -0.3 is 10.1 Å². The van der Waals surface area contributed by atoms with Crippen LogP contribution in [0.3, 0.4) is 0 Å². The highest BCUT2D eigenvalue weighted by Crippen LogP contribution is 2.26. The third kappa shape index (κ3) is 2.61. The lowest BCUT2D eigenvalue weighted by Gasteiger charge is -2.22. The molecule has 0 bridgehead atoms. The van der Waals surface area contributed by atoms with Crippen molar-refractivity contribution in [3.63, 3.8) is 0 Å². The summed E-state index contributed by atoms with van der Waals surface area (Å²) in [6, 6.07) is 3.16. The Labute approximate surface area is 99.2 Å². The van der Waals surface area contributed by atoms with Gasteiger partial charge in [0.2, 0.25) is 5.95 Å². The number of methoxy groups -OCH3 is 1. The van der Waals surface area contributed by atoms with E-state index in [4.69, 9.17) is 0 Å². The average Bonchev–Trinajstić information content (AvgIpc) is 2.38.